The SMILES string of the molecule is CN1C[C@@H](NC(=O)c2ccco2)C[C@H]1c1nc(-c2cccnc2)no1. The van der Waals surface area contributed by atoms with Crippen LogP contribution in [-0.4, -0.2) is 45.6 Å². The van der Waals surface area contributed by atoms with Crippen LogP contribution in [0.15, 0.2) is 51.9 Å². The molecule has 8 heteroatoms. The van der Waals surface area contributed by atoms with Gasteiger partial charge in [-0.05, 0) is 37.7 Å². The van der Waals surface area contributed by atoms with Gasteiger partial charge in [0.2, 0.25) is 11.7 Å². The molecule has 3 aromatic heterocycles. The number of pyridine rings is 1. The molecular weight excluding hydrogens is 322 g/mol. The van der Waals surface area contributed by atoms with E-state index < -0.39 is 0 Å². The molecule has 0 saturated carbocycles. The highest BCUT2D eigenvalue weighted by molar-refractivity contribution is 5.91. The highest BCUT2D eigenvalue weighted by Gasteiger charge is 2.35. The van der Waals surface area contributed by atoms with Crippen molar-refractivity contribution in [2.45, 2.75) is 18.5 Å². The topological polar surface area (TPSA) is 97.3 Å². The summed E-state index contributed by atoms with van der Waals surface area (Å²) in [6.45, 7) is 0.696. The van der Waals surface area contributed by atoms with Crippen LogP contribution >= 0.6 is 0 Å². The second kappa shape index (κ2) is 6.48. The van der Waals surface area contributed by atoms with Crippen molar-refractivity contribution in [3.8, 4) is 11.4 Å². The third kappa shape index (κ3) is 3.16. The largest absolute Gasteiger partial charge is 0.459 e. The van der Waals surface area contributed by atoms with Crippen LogP contribution in [0.5, 0.6) is 0 Å². The molecule has 25 heavy (non-hydrogen) atoms. The molecule has 0 bridgehead atoms. The second-order valence-electron chi connectivity index (χ2n) is 6.04. The van der Waals surface area contributed by atoms with Gasteiger partial charge >= 0.3 is 0 Å². The molecule has 8 nitrogen and oxygen atoms in total. The lowest BCUT2D eigenvalue weighted by Gasteiger charge is -2.14. The van der Waals surface area contributed by atoms with Crippen LogP contribution in [0.3, 0.4) is 0 Å². The number of nitrogens with zero attached hydrogens (tertiary/aromatic N) is 4. The van der Waals surface area contributed by atoms with Crippen LogP contribution in [0.25, 0.3) is 11.4 Å². The van der Waals surface area contributed by atoms with Gasteiger partial charge in [-0.3, -0.25) is 14.7 Å². The molecule has 0 aromatic carbocycles. The summed E-state index contributed by atoms with van der Waals surface area (Å²) in [6.07, 6.45) is 5.56. The molecule has 0 radical (unpaired) electrons. The molecular formula is C17H17N5O3. The zero-order valence-corrected chi connectivity index (χ0v) is 13.6. The smallest absolute Gasteiger partial charge is 0.287 e. The zero-order chi connectivity index (χ0) is 17.2. The Bertz CT molecular complexity index is 846. The Morgan fingerprint density at radius 3 is 3.04 bits per heavy atom. The fourth-order valence-corrected chi connectivity index (χ4v) is 3.04. The van der Waals surface area contributed by atoms with Gasteiger partial charge in [0.25, 0.3) is 5.91 Å². The molecule has 1 saturated heterocycles. The van der Waals surface area contributed by atoms with Crippen LogP contribution in [0, 0.1) is 0 Å². The average molecular weight is 339 g/mol. The van der Waals surface area contributed by atoms with Gasteiger partial charge in [-0.25, -0.2) is 0 Å². The zero-order valence-electron chi connectivity index (χ0n) is 13.6. The predicted molar refractivity (Wildman–Crippen MR) is 87.5 cm³/mol. The number of aromatic nitrogens is 3. The van der Waals surface area contributed by atoms with Crippen molar-refractivity contribution in [2.24, 2.45) is 0 Å². The van der Waals surface area contributed by atoms with E-state index in [1.165, 1.54) is 6.26 Å². The van der Waals surface area contributed by atoms with Crippen LogP contribution in [0.4, 0.5) is 0 Å². The van der Waals surface area contributed by atoms with Crippen LogP contribution in [0.2, 0.25) is 0 Å². The number of furan rings is 1. The van der Waals surface area contributed by atoms with Crippen LogP contribution in [-0.2, 0) is 0 Å². The number of hydrogen-bond acceptors (Lipinski definition) is 7. The minimum absolute atomic E-state index is 0.0126. The van der Waals surface area contributed by atoms with Crippen LogP contribution < -0.4 is 5.32 Å². The van der Waals surface area contributed by atoms with Crippen molar-refractivity contribution in [3.63, 3.8) is 0 Å². The lowest BCUT2D eigenvalue weighted by Crippen LogP contribution is -2.36. The first-order chi connectivity index (χ1) is 12.2. The number of likely N-dealkylation sites (tertiary alicyclic amines) is 1. The normalized spacial score (nSPS) is 20.7. The molecule has 0 aliphatic carbocycles. The van der Waals surface area contributed by atoms with E-state index in [0.29, 0.717) is 30.4 Å². The summed E-state index contributed by atoms with van der Waals surface area (Å²) in [6, 6.07) is 6.99. The molecule has 2 atom stereocenters. The van der Waals surface area contributed by atoms with Crippen molar-refractivity contribution in [2.75, 3.05) is 13.6 Å². The van der Waals surface area contributed by atoms with Gasteiger partial charge in [-0.2, -0.15) is 4.98 Å². The Kier molecular flexibility index (Phi) is 4.02. The fourth-order valence-electron chi connectivity index (χ4n) is 3.04. The fraction of sp³-hybridized carbons (Fsp3) is 0.294. The number of nitrogens with one attached hydrogen (secondary N) is 1. The number of carbonyl (C=O) groups is 1. The van der Waals surface area contributed by atoms with Gasteiger partial charge in [0.1, 0.15) is 0 Å². The minimum Gasteiger partial charge on any atom is -0.459 e. The van der Waals surface area contributed by atoms with Crippen molar-refractivity contribution < 1.29 is 13.7 Å². The van der Waals surface area contributed by atoms with E-state index in [2.05, 4.69) is 25.3 Å². The molecule has 4 rings (SSSR count). The number of hydrogen-bond donors (Lipinski definition) is 1. The van der Waals surface area contributed by atoms with E-state index in [1.807, 2.05) is 19.2 Å². The summed E-state index contributed by atoms with van der Waals surface area (Å²) in [5, 5.41) is 7.01. The Hall–Kier alpha value is -3.00. The molecule has 4 heterocycles. The summed E-state index contributed by atoms with van der Waals surface area (Å²) >= 11 is 0. The standard InChI is InChI=1S/C17H17N5O3/c1-22-10-12(19-16(23)14-5-3-7-24-14)8-13(22)17-20-15(21-25-17)11-4-2-6-18-9-11/h2-7,9,12-13H,8,10H2,1H3,(H,19,23)/t12-,13-/m0/s1. The van der Waals surface area contributed by atoms with E-state index in [9.17, 15) is 4.79 Å². The van der Waals surface area contributed by atoms with Gasteiger partial charge < -0.3 is 14.3 Å². The number of rotatable bonds is 4. The van der Waals surface area contributed by atoms with Gasteiger partial charge in [0.05, 0.1) is 12.3 Å². The third-order valence-corrected chi connectivity index (χ3v) is 4.27. The van der Waals surface area contributed by atoms with Gasteiger partial charge in [0, 0.05) is 30.5 Å². The Balaban J connectivity index is 1.45. The highest BCUT2D eigenvalue weighted by Crippen LogP contribution is 2.30. The quantitative estimate of drug-likeness (QED) is 0.775. The molecule has 1 aliphatic heterocycles. The lowest BCUT2D eigenvalue weighted by molar-refractivity contribution is 0.0910. The van der Waals surface area contributed by atoms with Crippen LogP contribution in [0.1, 0.15) is 28.9 Å². The third-order valence-electron chi connectivity index (χ3n) is 4.27. The van der Waals surface area contributed by atoms with E-state index in [-0.39, 0.29) is 18.0 Å². The Morgan fingerprint density at radius 1 is 1.36 bits per heavy atom. The number of carbonyl (C=O) groups excluding carboxylic acids is 1. The summed E-state index contributed by atoms with van der Waals surface area (Å²) < 4.78 is 10.6. The monoisotopic (exact) mass is 339 g/mol. The van der Waals surface area contributed by atoms with Crippen molar-refractivity contribution in [3.05, 3.63) is 54.6 Å². The van der Waals surface area contributed by atoms with Gasteiger partial charge in [0.15, 0.2) is 5.76 Å². The molecule has 1 fully saturated rings. The van der Waals surface area contributed by atoms with E-state index in [1.54, 1.807) is 24.5 Å². The first kappa shape index (κ1) is 15.5. The lowest BCUT2D eigenvalue weighted by atomic mass is 10.1. The maximum Gasteiger partial charge on any atom is 0.287 e. The molecule has 3 aromatic rings. The summed E-state index contributed by atoms with van der Waals surface area (Å²) in [5.41, 5.74) is 0.806. The van der Waals surface area contributed by atoms with E-state index >= 15 is 0 Å². The minimum atomic E-state index is -0.217. The van der Waals surface area contributed by atoms with Gasteiger partial charge in [-0.15, -0.1) is 0 Å². The molecule has 1 aliphatic rings. The van der Waals surface area contributed by atoms with Crippen molar-refractivity contribution >= 4 is 5.91 Å². The maximum atomic E-state index is 12.1. The molecule has 128 valence electrons. The summed E-state index contributed by atoms with van der Waals surface area (Å²) in [4.78, 5) is 22.8. The Labute approximate surface area is 143 Å². The first-order valence-electron chi connectivity index (χ1n) is 7.99. The molecule has 1 N–H and O–H groups in total. The first-order valence-corrected chi connectivity index (χ1v) is 7.99. The van der Waals surface area contributed by atoms with E-state index in [4.69, 9.17) is 8.94 Å². The molecule has 0 unspecified atom stereocenters. The Morgan fingerprint density at radius 2 is 2.28 bits per heavy atom. The average Bonchev–Trinajstić information content (AvgIpc) is 3.36. The highest BCUT2D eigenvalue weighted by atomic mass is 16.5. The predicted octanol–water partition coefficient (Wildman–Crippen LogP) is 1.90. The number of amides is 1. The molecule has 1 amide bonds. The van der Waals surface area contributed by atoms with Crippen molar-refractivity contribution in [1.29, 1.82) is 0 Å². The van der Waals surface area contributed by atoms with E-state index in [0.717, 1.165) is 5.56 Å². The maximum absolute atomic E-state index is 12.1. The second-order valence-corrected chi connectivity index (χ2v) is 6.04. The summed E-state index contributed by atoms with van der Waals surface area (Å²) in [7, 11) is 1.97. The van der Waals surface area contributed by atoms with Gasteiger partial charge in [-0.1, -0.05) is 5.16 Å². The van der Waals surface area contributed by atoms with Crippen molar-refractivity contribution in [1.82, 2.24) is 25.3 Å². The number of likely N-dealkylation sites (N-methyl/N-ethyl adjacent to an activating group) is 1. The molecule has 0 spiro atoms. The summed E-state index contributed by atoms with van der Waals surface area (Å²) in [5.74, 6) is 1.14.